The Kier molecular flexibility index (Phi) is 5.60. The fraction of sp³-hybridized carbons (Fsp3) is 0.167. The third-order valence-electron chi connectivity index (χ3n) is 3.73. The molecule has 0 saturated carbocycles. The van der Waals surface area contributed by atoms with E-state index in [2.05, 4.69) is 42.1 Å². The number of benzene rings is 2. The van der Waals surface area contributed by atoms with Crippen molar-refractivity contribution in [3.63, 3.8) is 0 Å². The number of nitrogens with zero attached hydrogens (tertiary/aromatic N) is 4. The van der Waals surface area contributed by atoms with E-state index < -0.39 is 6.04 Å². The molecular formula is C18H17BrN6O2. The summed E-state index contributed by atoms with van der Waals surface area (Å²) in [5.74, 6) is 0.00656. The molecule has 0 bridgehead atoms. The number of hydrogen-bond donors (Lipinski definition) is 2. The lowest BCUT2D eigenvalue weighted by Crippen LogP contribution is -2.28. The zero-order valence-corrected chi connectivity index (χ0v) is 16.3. The summed E-state index contributed by atoms with van der Waals surface area (Å²) in [6.07, 6.45) is 0. The maximum absolute atomic E-state index is 12.6. The van der Waals surface area contributed by atoms with Crippen LogP contribution in [0.25, 0.3) is 5.69 Å². The van der Waals surface area contributed by atoms with E-state index in [0.717, 1.165) is 10.2 Å². The Morgan fingerprint density at radius 2 is 1.93 bits per heavy atom. The van der Waals surface area contributed by atoms with Gasteiger partial charge < -0.3 is 10.6 Å². The molecule has 1 unspecified atom stereocenters. The van der Waals surface area contributed by atoms with Crippen LogP contribution in [0.2, 0.25) is 0 Å². The quantitative estimate of drug-likeness (QED) is 0.650. The van der Waals surface area contributed by atoms with Crippen LogP contribution < -0.4 is 10.6 Å². The monoisotopic (exact) mass is 428 g/mol. The lowest BCUT2D eigenvalue weighted by Gasteiger charge is -2.14. The minimum atomic E-state index is -0.434. The van der Waals surface area contributed by atoms with E-state index in [9.17, 15) is 9.59 Å². The first-order valence-electron chi connectivity index (χ1n) is 8.17. The molecule has 2 N–H and O–H groups in total. The number of aromatic nitrogens is 4. The lowest BCUT2D eigenvalue weighted by atomic mass is 10.1. The second kappa shape index (κ2) is 8.09. The van der Waals surface area contributed by atoms with Gasteiger partial charge in [0.05, 0.1) is 11.7 Å². The number of rotatable bonds is 5. The molecule has 9 heteroatoms. The van der Waals surface area contributed by atoms with Crippen molar-refractivity contribution in [2.24, 2.45) is 0 Å². The summed E-state index contributed by atoms with van der Waals surface area (Å²) in [7, 11) is 0. The van der Waals surface area contributed by atoms with Gasteiger partial charge in [-0.15, -0.1) is 5.10 Å². The molecule has 0 aliphatic carbocycles. The predicted molar refractivity (Wildman–Crippen MR) is 103 cm³/mol. The summed E-state index contributed by atoms with van der Waals surface area (Å²) >= 11 is 3.42. The Labute approximate surface area is 164 Å². The first-order chi connectivity index (χ1) is 12.9. The number of hydrogen-bond acceptors (Lipinski definition) is 5. The highest BCUT2D eigenvalue weighted by Gasteiger charge is 2.19. The molecule has 0 radical (unpaired) electrons. The summed E-state index contributed by atoms with van der Waals surface area (Å²) in [6.45, 7) is 3.21. The van der Waals surface area contributed by atoms with Crippen molar-refractivity contribution < 1.29 is 9.59 Å². The van der Waals surface area contributed by atoms with Crippen LogP contribution in [0.4, 0.5) is 5.69 Å². The predicted octanol–water partition coefficient (Wildman–Crippen LogP) is 2.87. The molecule has 2 amide bonds. The van der Waals surface area contributed by atoms with Crippen LogP contribution in [0.3, 0.4) is 0 Å². The number of amides is 2. The van der Waals surface area contributed by atoms with Crippen LogP contribution in [-0.2, 0) is 4.79 Å². The van der Waals surface area contributed by atoms with Gasteiger partial charge in [0.1, 0.15) is 0 Å². The first-order valence-corrected chi connectivity index (χ1v) is 8.96. The van der Waals surface area contributed by atoms with Crippen molar-refractivity contribution in [1.29, 1.82) is 0 Å². The average molecular weight is 429 g/mol. The van der Waals surface area contributed by atoms with Crippen molar-refractivity contribution in [3.05, 3.63) is 64.4 Å². The van der Waals surface area contributed by atoms with E-state index in [-0.39, 0.29) is 11.8 Å². The molecule has 2 aromatic carbocycles. The molecule has 138 valence electrons. The van der Waals surface area contributed by atoms with E-state index in [4.69, 9.17) is 0 Å². The fourth-order valence-electron chi connectivity index (χ4n) is 2.54. The molecule has 1 aromatic heterocycles. The summed E-state index contributed by atoms with van der Waals surface area (Å²) in [5.41, 5.74) is 1.76. The van der Waals surface area contributed by atoms with E-state index in [1.807, 2.05) is 24.3 Å². The summed E-state index contributed by atoms with van der Waals surface area (Å²) < 4.78 is 2.47. The van der Waals surface area contributed by atoms with Crippen LogP contribution in [0.15, 0.2) is 53.0 Å². The number of carbonyl (C=O) groups excluding carboxylic acids is 2. The van der Waals surface area contributed by atoms with Crippen molar-refractivity contribution in [3.8, 4) is 5.69 Å². The van der Waals surface area contributed by atoms with Gasteiger partial charge in [0.15, 0.2) is 5.82 Å². The minimum Gasteiger partial charge on any atom is -0.342 e. The smallest absolute Gasteiger partial charge is 0.251 e. The van der Waals surface area contributed by atoms with Gasteiger partial charge in [0, 0.05) is 22.6 Å². The summed E-state index contributed by atoms with van der Waals surface area (Å²) in [6, 6.07) is 13.8. The summed E-state index contributed by atoms with van der Waals surface area (Å²) in [4.78, 5) is 23.8. The van der Waals surface area contributed by atoms with Crippen molar-refractivity contribution in [1.82, 2.24) is 25.5 Å². The van der Waals surface area contributed by atoms with Crippen LogP contribution in [0.5, 0.6) is 0 Å². The van der Waals surface area contributed by atoms with Gasteiger partial charge in [-0.25, -0.2) is 0 Å². The molecule has 8 nitrogen and oxygen atoms in total. The Morgan fingerprint density at radius 1 is 1.15 bits per heavy atom. The molecule has 0 aliphatic heterocycles. The van der Waals surface area contributed by atoms with Crippen LogP contribution in [-0.4, -0.2) is 32.0 Å². The molecule has 1 heterocycles. The molecule has 0 fully saturated rings. The highest BCUT2D eigenvalue weighted by molar-refractivity contribution is 9.10. The van der Waals surface area contributed by atoms with Gasteiger partial charge in [-0.2, -0.15) is 4.68 Å². The SMILES string of the molecule is CC(=O)Nc1cccc(C(=O)NC(C)c2nnnn2-c2cccc(Br)c2)c1. The number of carbonyl (C=O) groups is 2. The zero-order chi connectivity index (χ0) is 19.4. The van der Waals surface area contributed by atoms with E-state index in [1.165, 1.54) is 6.92 Å². The third-order valence-corrected chi connectivity index (χ3v) is 4.22. The number of nitrogens with one attached hydrogen (secondary N) is 2. The van der Waals surface area contributed by atoms with Gasteiger partial charge in [-0.1, -0.05) is 28.1 Å². The highest BCUT2D eigenvalue weighted by Crippen LogP contribution is 2.19. The van der Waals surface area contributed by atoms with E-state index in [0.29, 0.717) is 17.1 Å². The molecular weight excluding hydrogens is 412 g/mol. The van der Waals surface area contributed by atoms with Gasteiger partial charge in [0.25, 0.3) is 5.91 Å². The zero-order valence-electron chi connectivity index (χ0n) is 14.7. The molecule has 3 aromatic rings. The van der Waals surface area contributed by atoms with Gasteiger partial charge in [-0.05, 0) is 53.7 Å². The second-order valence-electron chi connectivity index (χ2n) is 5.89. The Bertz CT molecular complexity index is 987. The van der Waals surface area contributed by atoms with Crippen molar-refractivity contribution in [2.75, 3.05) is 5.32 Å². The largest absolute Gasteiger partial charge is 0.342 e. The molecule has 3 rings (SSSR count). The molecule has 0 spiro atoms. The molecule has 1 atom stereocenters. The maximum atomic E-state index is 12.6. The van der Waals surface area contributed by atoms with Crippen LogP contribution in [0.1, 0.15) is 36.1 Å². The van der Waals surface area contributed by atoms with Gasteiger partial charge in [0.2, 0.25) is 5.91 Å². The lowest BCUT2D eigenvalue weighted by molar-refractivity contribution is -0.114. The molecule has 0 aliphatic rings. The maximum Gasteiger partial charge on any atom is 0.251 e. The molecule has 27 heavy (non-hydrogen) atoms. The average Bonchev–Trinajstić information content (AvgIpc) is 3.11. The third kappa shape index (κ3) is 4.56. The number of tetrazole rings is 1. The van der Waals surface area contributed by atoms with Crippen molar-refractivity contribution >= 4 is 33.4 Å². The minimum absolute atomic E-state index is 0.200. The Morgan fingerprint density at radius 3 is 2.67 bits per heavy atom. The van der Waals surface area contributed by atoms with Gasteiger partial charge >= 0.3 is 0 Å². The Hall–Kier alpha value is -3.07. The van der Waals surface area contributed by atoms with E-state index in [1.54, 1.807) is 35.9 Å². The van der Waals surface area contributed by atoms with Gasteiger partial charge in [-0.3, -0.25) is 9.59 Å². The van der Waals surface area contributed by atoms with Crippen LogP contribution in [0, 0.1) is 0 Å². The number of halogens is 1. The molecule has 0 saturated heterocycles. The highest BCUT2D eigenvalue weighted by atomic mass is 79.9. The van der Waals surface area contributed by atoms with E-state index >= 15 is 0 Å². The number of anilines is 1. The Balaban J connectivity index is 1.78. The summed E-state index contributed by atoms with van der Waals surface area (Å²) in [5, 5.41) is 17.3. The standard InChI is InChI=1S/C18H17BrN6O2/c1-11(17-22-23-24-25(17)16-8-4-6-14(19)10-16)20-18(27)13-5-3-7-15(9-13)21-12(2)26/h3-11H,1-2H3,(H,20,27)(H,21,26). The van der Waals surface area contributed by atoms with Crippen molar-refractivity contribution in [2.45, 2.75) is 19.9 Å². The van der Waals surface area contributed by atoms with Crippen LogP contribution >= 0.6 is 15.9 Å². The fourth-order valence-corrected chi connectivity index (χ4v) is 2.93. The first kappa shape index (κ1) is 18.7. The second-order valence-corrected chi connectivity index (χ2v) is 6.80. The normalized spacial score (nSPS) is 11.7. The topological polar surface area (TPSA) is 102 Å².